The molecule has 0 aliphatic heterocycles. The Balaban J connectivity index is 1.60. The van der Waals surface area contributed by atoms with E-state index in [2.05, 4.69) is 15.0 Å². The Labute approximate surface area is 192 Å². The second-order valence-corrected chi connectivity index (χ2v) is 7.93. The fourth-order valence-electron chi connectivity index (χ4n) is 3.72. The van der Waals surface area contributed by atoms with Crippen LogP contribution in [0.15, 0.2) is 79.0 Å². The van der Waals surface area contributed by atoms with Gasteiger partial charge in [-0.05, 0) is 42.0 Å². The molecule has 0 atom stereocenters. The highest BCUT2D eigenvalue weighted by Crippen LogP contribution is 2.33. The Bertz CT molecular complexity index is 1460. The van der Waals surface area contributed by atoms with E-state index in [-0.39, 0.29) is 6.42 Å². The van der Waals surface area contributed by atoms with Gasteiger partial charge in [-0.25, -0.2) is 9.97 Å². The molecule has 3 heterocycles. The van der Waals surface area contributed by atoms with Crippen molar-refractivity contribution in [2.24, 2.45) is 0 Å². The SMILES string of the molecule is FC(F)(F)c1cccc(Cc2nc(-c3ccc4ncccc4c3)c(-c3cccc(Cl)n3)[nH]2)c1. The van der Waals surface area contributed by atoms with E-state index in [1.807, 2.05) is 30.3 Å². The number of nitrogens with one attached hydrogen (secondary N) is 1. The number of H-pyrrole nitrogens is 1. The normalized spacial score (nSPS) is 11.8. The number of imidazole rings is 1. The van der Waals surface area contributed by atoms with Gasteiger partial charge < -0.3 is 4.98 Å². The molecular weight excluding hydrogens is 449 g/mol. The van der Waals surface area contributed by atoms with Crippen LogP contribution in [0.4, 0.5) is 13.2 Å². The minimum atomic E-state index is -4.40. The lowest BCUT2D eigenvalue weighted by atomic mass is 10.1. The maximum Gasteiger partial charge on any atom is 0.416 e. The molecule has 0 radical (unpaired) electrons. The van der Waals surface area contributed by atoms with Crippen molar-refractivity contribution in [3.05, 3.63) is 101 Å². The highest BCUT2D eigenvalue weighted by Gasteiger charge is 2.30. The molecule has 1 N–H and O–H groups in total. The van der Waals surface area contributed by atoms with Gasteiger partial charge in [0.1, 0.15) is 11.0 Å². The lowest BCUT2D eigenvalue weighted by molar-refractivity contribution is -0.137. The number of rotatable bonds is 4. The van der Waals surface area contributed by atoms with Crippen LogP contribution in [0.5, 0.6) is 0 Å². The summed E-state index contributed by atoms with van der Waals surface area (Å²) in [5, 5.41) is 1.28. The Morgan fingerprint density at radius 2 is 1.73 bits per heavy atom. The van der Waals surface area contributed by atoms with E-state index >= 15 is 0 Å². The molecule has 0 fully saturated rings. The summed E-state index contributed by atoms with van der Waals surface area (Å²) in [7, 11) is 0. The molecule has 164 valence electrons. The molecular formula is C25H16ClF3N4. The van der Waals surface area contributed by atoms with Crippen molar-refractivity contribution >= 4 is 22.5 Å². The molecule has 8 heteroatoms. The van der Waals surface area contributed by atoms with Crippen molar-refractivity contribution in [3.8, 4) is 22.6 Å². The van der Waals surface area contributed by atoms with Crippen molar-refractivity contribution in [2.45, 2.75) is 12.6 Å². The maximum absolute atomic E-state index is 13.1. The van der Waals surface area contributed by atoms with Crippen molar-refractivity contribution in [1.29, 1.82) is 0 Å². The van der Waals surface area contributed by atoms with Crippen LogP contribution in [0.25, 0.3) is 33.5 Å². The van der Waals surface area contributed by atoms with Gasteiger partial charge in [0.2, 0.25) is 0 Å². The monoisotopic (exact) mass is 464 g/mol. The predicted molar refractivity (Wildman–Crippen MR) is 122 cm³/mol. The molecule has 4 nitrogen and oxygen atoms in total. The van der Waals surface area contributed by atoms with Crippen LogP contribution in [0, 0.1) is 0 Å². The number of alkyl halides is 3. The van der Waals surface area contributed by atoms with Crippen LogP contribution in [-0.4, -0.2) is 19.9 Å². The number of hydrogen-bond donors (Lipinski definition) is 1. The molecule has 0 bridgehead atoms. The van der Waals surface area contributed by atoms with Crippen molar-refractivity contribution in [2.75, 3.05) is 0 Å². The van der Waals surface area contributed by atoms with Crippen molar-refractivity contribution < 1.29 is 13.2 Å². The van der Waals surface area contributed by atoms with Gasteiger partial charge in [-0.1, -0.05) is 48.0 Å². The number of hydrogen-bond acceptors (Lipinski definition) is 3. The third kappa shape index (κ3) is 4.45. The average Bonchev–Trinajstić information content (AvgIpc) is 3.22. The molecule has 0 spiro atoms. The number of pyridine rings is 2. The Kier molecular flexibility index (Phi) is 5.34. The molecule has 0 aliphatic carbocycles. The summed E-state index contributed by atoms with van der Waals surface area (Å²) in [4.78, 5) is 16.7. The molecule has 0 aliphatic rings. The van der Waals surface area contributed by atoms with Crippen LogP contribution in [0.2, 0.25) is 5.15 Å². The van der Waals surface area contributed by atoms with Gasteiger partial charge in [0, 0.05) is 23.6 Å². The minimum Gasteiger partial charge on any atom is -0.340 e. The number of nitrogens with zero attached hydrogens (tertiary/aromatic N) is 3. The van der Waals surface area contributed by atoms with Gasteiger partial charge in [-0.15, -0.1) is 0 Å². The smallest absolute Gasteiger partial charge is 0.340 e. The van der Waals surface area contributed by atoms with E-state index in [4.69, 9.17) is 16.6 Å². The summed E-state index contributed by atoms with van der Waals surface area (Å²) >= 11 is 6.11. The highest BCUT2D eigenvalue weighted by atomic mass is 35.5. The number of aromatic amines is 1. The zero-order valence-electron chi connectivity index (χ0n) is 17.1. The van der Waals surface area contributed by atoms with Crippen molar-refractivity contribution in [3.63, 3.8) is 0 Å². The van der Waals surface area contributed by atoms with Crippen LogP contribution < -0.4 is 0 Å². The molecule has 33 heavy (non-hydrogen) atoms. The quantitative estimate of drug-likeness (QED) is 0.293. The molecule has 5 aromatic rings. The summed E-state index contributed by atoms with van der Waals surface area (Å²) in [6, 6.07) is 20.1. The Hall–Kier alpha value is -3.71. The van der Waals surface area contributed by atoms with E-state index < -0.39 is 11.7 Å². The fourth-order valence-corrected chi connectivity index (χ4v) is 3.89. The number of aromatic nitrogens is 4. The van der Waals surface area contributed by atoms with E-state index in [0.717, 1.165) is 28.6 Å². The maximum atomic E-state index is 13.1. The molecule has 0 saturated heterocycles. The molecule has 5 rings (SSSR count). The largest absolute Gasteiger partial charge is 0.416 e. The first-order valence-electron chi connectivity index (χ1n) is 10.1. The van der Waals surface area contributed by atoms with Crippen molar-refractivity contribution in [1.82, 2.24) is 19.9 Å². The first-order chi connectivity index (χ1) is 15.9. The summed E-state index contributed by atoms with van der Waals surface area (Å²) in [6.45, 7) is 0. The van der Waals surface area contributed by atoms with Gasteiger partial charge in [0.05, 0.1) is 28.2 Å². The first kappa shape index (κ1) is 21.2. The molecule has 0 unspecified atom stereocenters. The van der Waals surface area contributed by atoms with E-state index in [0.29, 0.717) is 33.6 Å². The first-order valence-corrected chi connectivity index (χ1v) is 10.5. The fraction of sp³-hybridized carbons (Fsp3) is 0.0800. The Morgan fingerprint density at radius 3 is 2.55 bits per heavy atom. The average molecular weight is 465 g/mol. The molecule has 2 aromatic carbocycles. The third-order valence-corrected chi connectivity index (χ3v) is 5.44. The van der Waals surface area contributed by atoms with Crippen LogP contribution in [0.1, 0.15) is 17.0 Å². The van der Waals surface area contributed by atoms with Gasteiger partial charge in [0.25, 0.3) is 0 Å². The number of benzene rings is 2. The standard InChI is InChI=1S/C25H16ClF3N4/c26-21-8-2-7-20(31-21)24-23(17-9-10-19-16(14-17)5-3-11-30-19)32-22(33-24)13-15-4-1-6-18(12-15)25(27,28)29/h1-12,14H,13H2,(H,32,33). The molecule has 3 aromatic heterocycles. The molecule has 0 saturated carbocycles. The lowest BCUT2D eigenvalue weighted by Crippen LogP contribution is -2.05. The highest BCUT2D eigenvalue weighted by molar-refractivity contribution is 6.29. The van der Waals surface area contributed by atoms with Gasteiger partial charge in [-0.3, -0.25) is 4.98 Å². The van der Waals surface area contributed by atoms with E-state index in [1.165, 1.54) is 6.07 Å². The third-order valence-electron chi connectivity index (χ3n) is 5.23. The van der Waals surface area contributed by atoms with Gasteiger partial charge in [0.15, 0.2) is 0 Å². The van der Waals surface area contributed by atoms with Gasteiger partial charge in [-0.2, -0.15) is 13.2 Å². The van der Waals surface area contributed by atoms with Gasteiger partial charge >= 0.3 is 6.18 Å². The number of halogens is 4. The summed E-state index contributed by atoms with van der Waals surface area (Å²) in [5.41, 5.74) is 3.36. The van der Waals surface area contributed by atoms with Crippen LogP contribution in [0.3, 0.4) is 0 Å². The predicted octanol–water partition coefficient (Wildman–Crippen LogP) is 6.95. The lowest BCUT2D eigenvalue weighted by Gasteiger charge is -2.07. The zero-order valence-corrected chi connectivity index (χ0v) is 17.8. The topological polar surface area (TPSA) is 54.5 Å². The second kappa shape index (κ2) is 8.33. The molecule has 0 amide bonds. The minimum absolute atomic E-state index is 0.201. The Morgan fingerprint density at radius 1 is 0.879 bits per heavy atom. The number of fused-ring (bicyclic) bond motifs is 1. The van der Waals surface area contributed by atoms with Crippen LogP contribution >= 0.6 is 11.6 Å². The van der Waals surface area contributed by atoms with E-state index in [1.54, 1.807) is 30.5 Å². The summed E-state index contributed by atoms with van der Waals surface area (Å²) in [5.74, 6) is 0.521. The summed E-state index contributed by atoms with van der Waals surface area (Å²) in [6.07, 6.45) is -2.48. The second-order valence-electron chi connectivity index (χ2n) is 7.54. The zero-order chi connectivity index (χ0) is 23.0. The van der Waals surface area contributed by atoms with Crippen LogP contribution in [-0.2, 0) is 12.6 Å². The summed E-state index contributed by atoms with van der Waals surface area (Å²) < 4.78 is 39.4. The van der Waals surface area contributed by atoms with E-state index in [9.17, 15) is 13.2 Å².